The van der Waals surface area contributed by atoms with Crippen molar-refractivity contribution in [3.05, 3.63) is 29.8 Å². The molecule has 1 saturated heterocycles. The number of carboxylic acids is 1. The summed E-state index contributed by atoms with van der Waals surface area (Å²) in [6, 6.07) is 6.13. The second kappa shape index (κ2) is 5.63. The Morgan fingerprint density at radius 2 is 2.05 bits per heavy atom. The fourth-order valence-corrected chi connectivity index (χ4v) is 2.84. The first-order valence-corrected chi connectivity index (χ1v) is 7.12. The van der Waals surface area contributed by atoms with Gasteiger partial charge in [0.2, 0.25) is 0 Å². The van der Waals surface area contributed by atoms with Gasteiger partial charge >= 0.3 is 5.97 Å². The molecule has 0 bridgehead atoms. The Bertz CT molecular complexity index is 505. The minimum Gasteiger partial charge on any atom is -0.480 e. The predicted octanol–water partition coefficient (Wildman–Crippen LogP) is 1.07. The average Bonchev–Trinajstić information content (AvgIpc) is 2.80. The van der Waals surface area contributed by atoms with Crippen LogP contribution in [0.1, 0.15) is 16.8 Å². The van der Waals surface area contributed by atoms with Crippen molar-refractivity contribution in [2.45, 2.75) is 23.5 Å². The number of carboxylic acid groups (broad SMARTS) is 1. The van der Waals surface area contributed by atoms with Crippen LogP contribution >= 0.6 is 11.8 Å². The molecule has 2 rings (SSSR count). The maximum absolute atomic E-state index is 12.4. The van der Waals surface area contributed by atoms with E-state index < -0.39 is 18.1 Å². The SMILES string of the molecule is CSc1ccccc1C(=O)N1C[C@H](O)C[C@H]1C(=O)O. The molecule has 0 radical (unpaired) electrons. The summed E-state index contributed by atoms with van der Waals surface area (Å²) in [7, 11) is 0. The van der Waals surface area contributed by atoms with E-state index in [1.54, 1.807) is 12.1 Å². The number of aliphatic hydroxyl groups is 1. The highest BCUT2D eigenvalue weighted by molar-refractivity contribution is 7.98. The zero-order chi connectivity index (χ0) is 14.0. The molecular weight excluding hydrogens is 266 g/mol. The molecule has 6 heteroatoms. The molecule has 0 aliphatic carbocycles. The second-order valence-corrected chi connectivity index (χ2v) is 5.25. The van der Waals surface area contributed by atoms with Gasteiger partial charge in [0, 0.05) is 17.9 Å². The molecule has 1 aromatic carbocycles. The van der Waals surface area contributed by atoms with Crippen LogP contribution in [0.4, 0.5) is 0 Å². The van der Waals surface area contributed by atoms with Gasteiger partial charge < -0.3 is 15.1 Å². The number of likely N-dealkylation sites (tertiary alicyclic amines) is 1. The summed E-state index contributed by atoms with van der Waals surface area (Å²) in [5.74, 6) is -1.42. The molecule has 5 nitrogen and oxygen atoms in total. The van der Waals surface area contributed by atoms with E-state index in [1.165, 1.54) is 16.7 Å². The number of amides is 1. The maximum Gasteiger partial charge on any atom is 0.326 e. The van der Waals surface area contributed by atoms with E-state index in [0.29, 0.717) is 5.56 Å². The number of thioether (sulfide) groups is 1. The van der Waals surface area contributed by atoms with Gasteiger partial charge in [-0.25, -0.2) is 4.79 Å². The lowest BCUT2D eigenvalue weighted by Gasteiger charge is -2.22. The summed E-state index contributed by atoms with van der Waals surface area (Å²) in [4.78, 5) is 25.6. The van der Waals surface area contributed by atoms with E-state index in [1.807, 2.05) is 18.4 Å². The van der Waals surface area contributed by atoms with E-state index in [4.69, 9.17) is 5.11 Å². The van der Waals surface area contributed by atoms with E-state index in [-0.39, 0.29) is 18.9 Å². The first-order valence-electron chi connectivity index (χ1n) is 5.89. The highest BCUT2D eigenvalue weighted by atomic mass is 32.2. The first-order chi connectivity index (χ1) is 9.04. The van der Waals surface area contributed by atoms with E-state index in [2.05, 4.69) is 0 Å². The van der Waals surface area contributed by atoms with Crippen molar-refractivity contribution >= 4 is 23.6 Å². The number of carbonyl (C=O) groups excluding carboxylic acids is 1. The average molecular weight is 281 g/mol. The molecule has 19 heavy (non-hydrogen) atoms. The second-order valence-electron chi connectivity index (χ2n) is 4.40. The molecule has 2 N–H and O–H groups in total. The first kappa shape index (κ1) is 13.9. The van der Waals surface area contributed by atoms with E-state index >= 15 is 0 Å². The van der Waals surface area contributed by atoms with Crippen molar-refractivity contribution in [3.63, 3.8) is 0 Å². The van der Waals surface area contributed by atoms with Crippen LogP contribution in [0, 0.1) is 0 Å². The highest BCUT2D eigenvalue weighted by Crippen LogP contribution is 2.26. The van der Waals surface area contributed by atoms with E-state index in [9.17, 15) is 14.7 Å². The molecule has 1 aliphatic rings. The number of hydrogen-bond acceptors (Lipinski definition) is 4. The van der Waals surface area contributed by atoms with Gasteiger partial charge in [0.1, 0.15) is 6.04 Å². The van der Waals surface area contributed by atoms with Crippen LogP contribution < -0.4 is 0 Å². The third kappa shape index (κ3) is 2.74. The predicted molar refractivity (Wildman–Crippen MR) is 71.3 cm³/mol. The summed E-state index contributed by atoms with van der Waals surface area (Å²) < 4.78 is 0. The Morgan fingerprint density at radius 1 is 1.37 bits per heavy atom. The molecule has 1 heterocycles. The molecule has 1 amide bonds. The van der Waals surface area contributed by atoms with Gasteiger partial charge in [-0.1, -0.05) is 12.1 Å². The number of nitrogens with zero attached hydrogens (tertiary/aromatic N) is 1. The summed E-state index contributed by atoms with van der Waals surface area (Å²) in [6.45, 7) is 0.0680. The summed E-state index contributed by atoms with van der Waals surface area (Å²) in [6.07, 6.45) is 1.17. The standard InChI is InChI=1S/C13H15NO4S/c1-19-11-5-3-2-4-9(11)12(16)14-7-8(15)6-10(14)13(17)18/h2-5,8,10,15H,6-7H2,1H3,(H,17,18)/t8-,10+/m1/s1. The molecule has 1 aromatic rings. The van der Waals surface area contributed by atoms with Gasteiger partial charge in [-0.3, -0.25) is 4.79 Å². The Kier molecular flexibility index (Phi) is 4.11. The zero-order valence-electron chi connectivity index (χ0n) is 10.4. The summed E-state index contributed by atoms with van der Waals surface area (Å²) >= 11 is 1.44. The number of rotatable bonds is 3. The third-order valence-electron chi connectivity index (χ3n) is 3.16. The van der Waals surface area contributed by atoms with Crippen LogP contribution in [-0.4, -0.2) is 51.9 Å². The fraction of sp³-hybridized carbons (Fsp3) is 0.385. The van der Waals surface area contributed by atoms with Crippen molar-refractivity contribution in [1.82, 2.24) is 4.90 Å². The molecule has 0 aromatic heterocycles. The van der Waals surface area contributed by atoms with Gasteiger partial charge in [-0.2, -0.15) is 0 Å². The minimum atomic E-state index is -1.08. The van der Waals surface area contributed by atoms with Crippen molar-refractivity contribution < 1.29 is 19.8 Å². The number of aliphatic carboxylic acids is 1. The lowest BCUT2D eigenvalue weighted by molar-refractivity contribution is -0.141. The van der Waals surface area contributed by atoms with E-state index in [0.717, 1.165) is 4.90 Å². The largest absolute Gasteiger partial charge is 0.480 e. The molecule has 1 aliphatic heterocycles. The molecule has 102 valence electrons. The monoisotopic (exact) mass is 281 g/mol. The lowest BCUT2D eigenvalue weighted by Crippen LogP contribution is -2.40. The Balaban J connectivity index is 2.30. The van der Waals surface area contributed by atoms with Crippen LogP contribution in [0.5, 0.6) is 0 Å². The van der Waals surface area contributed by atoms with Gasteiger partial charge in [-0.05, 0) is 18.4 Å². The molecule has 0 spiro atoms. The van der Waals surface area contributed by atoms with Gasteiger partial charge in [0.25, 0.3) is 5.91 Å². The van der Waals surface area contributed by atoms with Crippen LogP contribution in [-0.2, 0) is 4.79 Å². The van der Waals surface area contributed by atoms with Crippen molar-refractivity contribution in [2.24, 2.45) is 0 Å². The Hall–Kier alpha value is -1.53. The maximum atomic E-state index is 12.4. The zero-order valence-corrected chi connectivity index (χ0v) is 11.3. The van der Waals surface area contributed by atoms with Crippen LogP contribution in [0.15, 0.2) is 29.2 Å². The number of β-amino-alcohol motifs (C(OH)–C–C–N with tert-alkyl or cyclic N) is 1. The smallest absolute Gasteiger partial charge is 0.326 e. The normalized spacial score (nSPS) is 22.5. The third-order valence-corrected chi connectivity index (χ3v) is 3.96. The summed E-state index contributed by atoms with van der Waals surface area (Å²) in [5, 5.41) is 18.7. The van der Waals surface area contributed by atoms with Crippen molar-refractivity contribution in [1.29, 1.82) is 0 Å². The van der Waals surface area contributed by atoms with Crippen molar-refractivity contribution in [3.8, 4) is 0 Å². The fourth-order valence-electron chi connectivity index (χ4n) is 2.25. The number of hydrogen-bond donors (Lipinski definition) is 2. The Labute approximate surface area is 115 Å². The highest BCUT2D eigenvalue weighted by Gasteiger charge is 2.39. The molecule has 0 saturated carbocycles. The lowest BCUT2D eigenvalue weighted by atomic mass is 10.1. The quantitative estimate of drug-likeness (QED) is 0.810. The van der Waals surface area contributed by atoms with Crippen LogP contribution in [0.2, 0.25) is 0 Å². The summed E-state index contributed by atoms with van der Waals surface area (Å²) in [5.41, 5.74) is 0.482. The van der Waals surface area contributed by atoms with Gasteiger partial charge in [0.05, 0.1) is 11.7 Å². The minimum absolute atomic E-state index is 0.0680. The molecular formula is C13H15NO4S. The van der Waals surface area contributed by atoms with Gasteiger partial charge in [-0.15, -0.1) is 11.8 Å². The van der Waals surface area contributed by atoms with Crippen molar-refractivity contribution in [2.75, 3.05) is 12.8 Å². The molecule has 2 atom stereocenters. The number of aliphatic hydroxyl groups excluding tert-OH is 1. The Morgan fingerprint density at radius 3 is 2.68 bits per heavy atom. The number of benzene rings is 1. The van der Waals surface area contributed by atoms with Crippen LogP contribution in [0.3, 0.4) is 0 Å². The topological polar surface area (TPSA) is 77.8 Å². The molecule has 1 fully saturated rings. The molecule has 0 unspecified atom stereocenters. The van der Waals surface area contributed by atoms with Crippen LogP contribution in [0.25, 0.3) is 0 Å². The number of carbonyl (C=O) groups is 2. The van der Waals surface area contributed by atoms with Gasteiger partial charge in [0.15, 0.2) is 0 Å².